The number of hydrazine groups is 1. The van der Waals surface area contributed by atoms with Gasteiger partial charge in [0.25, 0.3) is 5.91 Å². The summed E-state index contributed by atoms with van der Waals surface area (Å²) < 4.78 is 3.45. The van der Waals surface area contributed by atoms with Gasteiger partial charge in [0.15, 0.2) is 5.65 Å². The van der Waals surface area contributed by atoms with Gasteiger partial charge in [0.05, 0.1) is 10.2 Å². The third-order valence-electron chi connectivity index (χ3n) is 2.56. The van der Waals surface area contributed by atoms with E-state index in [1.807, 2.05) is 6.92 Å². The van der Waals surface area contributed by atoms with Crippen LogP contribution >= 0.6 is 31.9 Å². The first kappa shape index (κ1) is 12.5. The Balaban J connectivity index is 2.88. The highest BCUT2D eigenvalue weighted by molar-refractivity contribution is 9.11. The topological polar surface area (TPSA) is 72.4 Å². The number of nitrogens with zero attached hydrogens (tertiary/aromatic N) is 2. The second-order valence-electron chi connectivity index (χ2n) is 3.63. The Bertz CT molecular complexity index is 621. The van der Waals surface area contributed by atoms with E-state index in [-0.39, 0.29) is 5.91 Å². The number of imidazole rings is 1. The Labute approximate surface area is 115 Å². The maximum Gasteiger partial charge on any atom is 0.284 e. The molecular formula is C10H10Br2N4O. The summed E-state index contributed by atoms with van der Waals surface area (Å²) in [6.45, 7) is 3.73. The van der Waals surface area contributed by atoms with Gasteiger partial charge in [0.2, 0.25) is 0 Å². The molecule has 0 unspecified atom stereocenters. The zero-order valence-corrected chi connectivity index (χ0v) is 12.4. The van der Waals surface area contributed by atoms with Crippen LogP contribution in [0.4, 0.5) is 0 Å². The van der Waals surface area contributed by atoms with E-state index in [2.05, 4.69) is 42.3 Å². The van der Waals surface area contributed by atoms with Crippen molar-refractivity contribution in [2.75, 3.05) is 0 Å². The average molecular weight is 362 g/mol. The third kappa shape index (κ3) is 1.88. The average Bonchev–Trinajstić information content (AvgIpc) is 2.62. The molecule has 0 saturated heterocycles. The summed E-state index contributed by atoms with van der Waals surface area (Å²) in [6.07, 6.45) is 1.81. The van der Waals surface area contributed by atoms with Crippen LogP contribution in [0.2, 0.25) is 0 Å². The summed E-state index contributed by atoms with van der Waals surface area (Å²) in [5.41, 5.74) is 4.91. The van der Waals surface area contributed by atoms with Crippen molar-refractivity contribution in [2.24, 2.45) is 5.84 Å². The zero-order chi connectivity index (χ0) is 12.7. The molecule has 0 spiro atoms. The lowest BCUT2D eigenvalue weighted by molar-refractivity contribution is 0.0947. The fourth-order valence-corrected chi connectivity index (χ4v) is 2.81. The highest BCUT2D eigenvalue weighted by Gasteiger charge is 2.18. The van der Waals surface area contributed by atoms with Gasteiger partial charge in [-0.25, -0.2) is 10.8 Å². The van der Waals surface area contributed by atoms with Crippen molar-refractivity contribution in [3.8, 4) is 0 Å². The highest BCUT2D eigenvalue weighted by Crippen LogP contribution is 2.29. The number of aryl methyl sites for hydroxylation is 1. The molecule has 7 heteroatoms. The number of fused-ring (bicyclic) bond motifs is 1. The van der Waals surface area contributed by atoms with Gasteiger partial charge in [0, 0.05) is 10.7 Å². The second-order valence-corrected chi connectivity index (χ2v) is 5.28. The third-order valence-corrected chi connectivity index (χ3v) is 4.31. The molecule has 0 atom stereocenters. The Morgan fingerprint density at radius 1 is 1.47 bits per heavy atom. The minimum Gasteiger partial charge on any atom is -0.293 e. The Morgan fingerprint density at radius 3 is 2.71 bits per heavy atom. The van der Waals surface area contributed by atoms with Crippen LogP contribution in [0.25, 0.3) is 5.65 Å². The van der Waals surface area contributed by atoms with Crippen LogP contribution in [0.5, 0.6) is 0 Å². The van der Waals surface area contributed by atoms with Crippen LogP contribution in [0.1, 0.15) is 21.7 Å². The number of nitrogens with one attached hydrogen (secondary N) is 1. The summed E-state index contributed by atoms with van der Waals surface area (Å²) in [5.74, 6) is 4.80. The number of carbonyl (C=O) groups is 1. The van der Waals surface area contributed by atoms with Crippen molar-refractivity contribution in [1.29, 1.82) is 0 Å². The maximum absolute atomic E-state index is 11.7. The Morgan fingerprint density at radius 2 is 2.12 bits per heavy atom. The molecule has 0 radical (unpaired) electrons. The van der Waals surface area contributed by atoms with Gasteiger partial charge in [-0.05, 0) is 51.3 Å². The van der Waals surface area contributed by atoms with Gasteiger partial charge in [0.1, 0.15) is 5.69 Å². The van der Waals surface area contributed by atoms with E-state index >= 15 is 0 Å². The van der Waals surface area contributed by atoms with E-state index in [4.69, 9.17) is 5.84 Å². The number of hydrogen-bond donors (Lipinski definition) is 2. The van der Waals surface area contributed by atoms with Crippen LogP contribution in [0, 0.1) is 13.8 Å². The minimum absolute atomic E-state index is 0.363. The molecule has 0 aliphatic carbocycles. The van der Waals surface area contributed by atoms with Gasteiger partial charge < -0.3 is 0 Å². The van der Waals surface area contributed by atoms with Crippen molar-refractivity contribution in [3.05, 3.63) is 32.1 Å². The van der Waals surface area contributed by atoms with E-state index in [0.29, 0.717) is 17.0 Å². The molecule has 3 N–H and O–H groups in total. The van der Waals surface area contributed by atoms with E-state index in [1.165, 1.54) is 0 Å². The molecule has 0 aliphatic rings. The van der Waals surface area contributed by atoms with Crippen LogP contribution in [-0.4, -0.2) is 15.3 Å². The summed E-state index contributed by atoms with van der Waals surface area (Å²) in [6, 6.07) is 0. The molecule has 0 saturated carbocycles. The highest BCUT2D eigenvalue weighted by atomic mass is 79.9. The van der Waals surface area contributed by atoms with Crippen molar-refractivity contribution in [1.82, 2.24) is 14.8 Å². The number of nitrogens with two attached hydrogens (primary N) is 1. The Kier molecular flexibility index (Phi) is 3.24. The predicted molar refractivity (Wildman–Crippen MR) is 71.7 cm³/mol. The number of nitrogen functional groups attached to an aromatic ring is 1. The summed E-state index contributed by atoms with van der Waals surface area (Å²) >= 11 is 6.91. The molecule has 17 heavy (non-hydrogen) atoms. The molecule has 2 aromatic heterocycles. The number of hydrogen-bond acceptors (Lipinski definition) is 3. The molecule has 0 fully saturated rings. The molecule has 0 bridgehead atoms. The standard InChI is InChI=1S/C10H10Br2N4O/c1-4-6(11)3-16-8(10(17)15-13)5(2)14-9(16)7(4)12/h3H,13H2,1-2H3,(H,15,17). The first-order valence-electron chi connectivity index (χ1n) is 4.81. The molecule has 2 aromatic rings. The molecule has 1 amide bonds. The molecule has 2 heterocycles. The quantitative estimate of drug-likeness (QED) is 0.464. The number of pyridine rings is 1. The first-order chi connectivity index (χ1) is 7.97. The van der Waals surface area contributed by atoms with Gasteiger partial charge in [-0.3, -0.25) is 14.6 Å². The monoisotopic (exact) mass is 360 g/mol. The van der Waals surface area contributed by atoms with Crippen molar-refractivity contribution < 1.29 is 4.79 Å². The van der Waals surface area contributed by atoms with Gasteiger partial charge >= 0.3 is 0 Å². The molecule has 90 valence electrons. The number of amides is 1. The van der Waals surface area contributed by atoms with Crippen LogP contribution in [0.15, 0.2) is 15.1 Å². The van der Waals surface area contributed by atoms with Gasteiger partial charge in [-0.1, -0.05) is 0 Å². The summed E-state index contributed by atoms with van der Waals surface area (Å²) in [5, 5.41) is 0. The minimum atomic E-state index is -0.363. The van der Waals surface area contributed by atoms with Gasteiger partial charge in [-0.15, -0.1) is 0 Å². The van der Waals surface area contributed by atoms with Crippen molar-refractivity contribution in [3.63, 3.8) is 0 Å². The number of aromatic nitrogens is 2. The molecule has 0 aliphatic heterocycles. The summed E-state index contributed by atoms with van der Waals surface area (Å²) in [7, 11) is 0. The fraction of sp³-hybridized carbons (Fsp3) is 0.200. The predicted octanol–water partition coefficient (Wildman–Crippen LogP) is 2.08. The molecule has 2 rings (SSSR count). The first-order valence-corrected chi connectivity index (χ1v) is 6.40. The van der Waals surface area contributed by atoms with E-state index in [1.54, 1.807) is 17.5 Å². The van der Waals surface area contributed by atoms with Crippen molar-refractivity contribution >= 4 is 43.4 Å². The van der Waals surface area contributed by atoms with Crippen LogP contribution in [0.3, 0.4) is 0 Å². The second kappa shape index (κ2) is 4.40. The van der Waals surface area contributed by atoms with E-state index in [0.717, 1.165) is 14.5 Å². The van der Waals surface area contributed by atoms with Crippen molar-refractivity contribution in [2.45, 2.75) is 13.8 Å². The van der Waals surface area contributed by atoms with Crippen LogP contribution < -0.4 is 11.3 Å². The molecule has 5 nitrogen and oxygen atoms in total. The Hall–Kier alpha value is -0.920. The normalized spacial score (nSPS) is 10.9. The lowest BCUT2D eigenvalue weighted by atomic mass is 10.3. The SMILES string of the molecule is Cc1nc2c(Br)c(C)c(Br)cn2c1C(=O)NN. The van der Waals surface area contributed by atoms with Gasteiger partial charge in [-0.2, -0.15) is 0 Å². The summed E-state index contributed by atoms with van der Waals surface area (Å²) in [4.78, 5) is 16.1. The smallest absolute Gasteiger partial charge is 0.284 e. The fourth-order valence-electron chi connectivity index (χ4n) is 1.65. The number of rotatable bonds is 1. The maximum atomic E-state index is 11.7. The number of carbonyl (C=O) groups excluding carboxylic acids is 1. The van der Waals surface area contributed by atoms with E-state index < -0.39 is 0 Å². The zero-order valence-electron chi connectivity index (χ0n) is 9.21. The molecular weight excluding hydrogens is 352 g/mol. The lowest BCUT2D eigenvalue weighted by Gasteiger charge is -2.06. The van der Waals surface area contributed by atoms with E-state index in [9.17, 15) is 4.79 Å². The molecule has 0 aromatic carbocycles. The largest absolute Gasteiger partial charge is 0.293 e. The van der Waals surface area contributed by atoms with Crippen LogP contribution in [-0.2, 0) is 0 Å². The lowest BCUT2D eigenvalue weighted by Crippen LogP contribution is -2.31. The number of halogens is 2.